The Bertz CT molecular complexity index is 732. The monoisotopic (exact) mass is 346 g/mol. The molecule has 0 aliphatic carbocycles. The molecule has 0 spiro atoms. The van der Waals surface area contributed by atoms with Crippen molar-refractivity contribution in [2.75, 3.05) is 25.5 Å². The highest BCUT2D eigenvalue weighted by atomic mass is 35.5. The van der Waals surface area contributed by atoms with Crippen molar-refractivity contribution in [3.05, 3.63) is 35.7 Å². The van der Waals surface area contributed by atoms with Gasteiger partial charge in [0.05, 0.1) is 24.2 Å². The minimum absolute atomic E-state index is 0.0215. The van der Waals surface area contributed by atoms with Crippen LogP contribution in [0, 0.1) is 5.92 Å². The molecule has 7 heteroatoms. The van der Waals surface area contributed by atoms with Crippen LogP contribution in [0.25, 0.3) is 11.1 Å². The number of anilines is 1. The van der Waals surface area contributed by atoms with Crippen molar-refractivity contribution in [1.82, 2.24) is 15.3 Å². The quantitative estimate of drug-likeness (QED) is 0.890. The normalized spacial score (nSPS) is 17.3. The molecule has 2 aromatic rings. The molecule has 0 aromatic carbocycles. The van der Waals surface area contributed by atoms with Gasteiger partial charge in [-0.05, 0) is 31.5 Å². The van der Waals surface area contributed by atoms with Gasteiger partial charge in [-0.15, -0.1) is 0 Å². The van der Waals surface area contributed by atoms with Gasteiger partial charge in [0.2, 0.25) is 5.91 Å². The van der Waals surface area contributed by atoms with Crippen molar-refractivity contribution in [1.29, 1.82) is 0 Å². The summed E-state index contributed by atoms with van der Waals surface area (Å²) < 4.78 is 5.19. The maximum absolute atomic E-state index is 12.3. The smallest absolute Gasteiger partial charge is 0.229 e. The van der Waals surface area contributed by atoms with Crippen molar-refractivity contribution in [3.63, 3.8) is 0 Å². The first-order chi connectivity index (χ1) is 11.7. The number of carbonyl (C=O) groups excluding carboxylic acids is 1. The highest BCUT2D eigenvalue weighted by Gasteiger charge is 2.21. The lowest BCUT2D eigenvalue weighted by atomic mass is 9.99. The van der Waals surface area contributed by atoms with Crippen LogP contribution in [0.15, 0.2) is 30.7 Å². The van der Waals surface area contributed by atoms with E-state index in [1.807, 2.05) is 6.07 Å². The van der Waals surface area contributed by atoms with E-state index in [0.29, 0.717) is 23.1 Å². The molecule has 1 amide bonds. The van der Waals surface area contributed by atoms with Gasteiger partial charge in [0, 0.05) is 30.1 Å². The second-order valence-electron chi connectivity index (χ2n) is 5.70. The zero-order valence-corrected chi connectivity index (χ0v) is 14.1. The number of nitrogens with zero attached hydrogens (tertiary/aromatic N) is 2. The van der Waals surface area contributed by atoms with Gasteiger partial charge in [0.1, 0.15) is 11.6 Å². The first kappa shape index (κ1) is 16.7. The van der Waals surface area contributed by atoms with Gasteiger partial charge in [-0.3, -0.25) is 9.78 Å². The lowest BCUT2D eigenvalue weighted by Gasteiger charge is -2.21. The van der Waals surface area contributed by atoms with E-state index in [1.54, 1.807) is 25.6 Å². The molecule has 24 heavy (non-hydrogen) atoms. The third-order valence-corrected chi connectivity index (χ3v) is 4.34. The van der Waals surface area contributed by atoms with Crippen LogP contribution < -0.4 is 15.4 Å². The molecule has 0 saturated carbocycles. The molecule has 126 valence electrons. The van der Waals surface area contributed by atoms with Crippen LogP contribution in [0.1, 0.15) is 12.8 Å². The van der Waals surface area contributed by atoms with Crippen LogP contribution in [0.4, 0.5) is 5.82 Å². The average Bonchev–Trinajstić information content (AvgIpc) is 2.64. The summed E-state index contributed by atoms with van der Waals surface area (Å²) in [6.45, 7) is 1.67. The predicted octanol–water partition coefficient (Wildman–Crippen LogP) is 2.74. The lowest BCUT2D eigenvalue weighted by molar-refractivity contribution is -0.120. The molecule has 1 fully saturated rings. The molecule has 0 radical (unpaired) electrons. The van der Waals surface area contributed by atoms with E-state index in [9.17, 15) is 4.79 Å². The number of carbonyl (C=O) groups is 1. The Balaban J connectivity index is 1.81. The number of hydrogen-bond donors (Lipinski definition) is 2. The Morgan fingerprint density at radius 3 is 3.00 bits per heavy atom. The fourth-order valence-corrected chi connectivity index (χ4v) is 2.92. The summed E-state index contributed by atoms with van der Waals surface area (Å²) in [6.07, 6.45) is 6.74. The highest BCUT2D eigenvalue weighted by molar-refractivity contribution is 6.33. The number of ether oxygens (including phenoxy) is 1. The Labute approximate surface area is 145 Å². The second kappa shape index (κ2) is 7.59. The standard InChI is InChI=1S/C17H19ClN4O2/c1-24-13-5-12(8-20-9-13)14-6-16(21-10-15(14)18)22-17(23)11-3-2-4-19-7-11/h5-6,8-11,19H,2-4,7H2,1H3,(H,21,22,23). The van der Waals surface area contributed by atoms with Gasteiger partial charge in [-0.2, -0.15) is 0 Å². The summed E-state index contributed by atoms with van der Waals surface area (Å²) in [5.41, 5.74) is 1.55. The minimum atomic E-state index is -0.0295. The number of rotatable bonds is 4. The number of pyridine rings is 2. The summed E-state index contributed by atoms with van der Waals surface area (Å²) in [4.78, 5) is 20.7. The van der Waals surface area contributed by atoms with Crippen LogP contribution in [0.3, 0.4) is 0 Å². The fourth-order valence-electron chi connectivity index (χ4n) is 2.71. The molecule has 2 N–H and O–H groups in total. The van der Waals surface area contributed by atoms with Crippen LogP contribution in [-0.4, -0.2) is 36.1 Å². The van der Waals surface area contributed by atoms with Gasteiger partial charge in [0.15, 0.2) is 0 Å². The number of nitrogens with one attached hydrogen (secondary N) is 2. The van der Waals surface area contributed by atoms with Gasteiger partial charge in [0.25, 0.3) is 0 Å². The van der Waals surface area contributed by atoms with E-state index in [4.69, 9.17) is 16.3 Å². The predicted molar refractivity (Wildman–Crippen MR) is 93.3 cm³/mol. The molecule has 3 rings (SSSR count). The summed E-state index contributed by atoms with van der Waals surface area (Å²) in [7, 11) is 1.58. The Kier molecular flexibility index (Phi) is 5.27. The largest absolute Gasteiger partial charge is 0.495 e. The van der Waals surface area contributed by atoms with Crippen molar-refractivity contribution in [2.45, 2.75) is 12.8 Å². The van der Waals surface area contributed by atoms with Crippen molar-refractivity contribution in [2.24, 2.45) is 5.92 Å². The second-order valence-corrected chi connectivity index (χ2v) is 6.10. The molecular formula is C17H19ClN4O2. The number of halogens is 1. The molecule has 1 saturated heterocycles. The van der Waals surface area contributed by atoms with Gasteiger partial charge in [-0.25, -0.2) is 4.98 Å². The first-order valence-corrected chi connectivity index (χ1v) is 8.21. The van der Waals surface area contributed by atoms with Gasteiger partial charge in [-0.1, -0.05) is 11.6 Å². The number of hydrogen-bond acceptors (Lipinski definition) is 5. The SMILES string of the molecule is COc1cncc(-c2cc(NC(=O)C3CCCNC3)ncc2Cl)c1. The van der Waals surface area contributed by atoms with Crippen molar-refractivity contribution >= 4 is 23.3 Å². The Morgan fingerprint density at radius 2 is 2.25 bits per heavy atom. The summed E-state index contributed by atoms with van der Waals surface area (Å²) in [5, 5.41) is 6.60. The molecule has 1 aliphatic heterocycles. The number of methoxy groups -OCH3 is 1. The zero-order chi connectivity index (χ0) is 16.9. The molecule has 0 bridgehead atoms. The van der Waals surface area contributed by atoms with E-state index in [2.05, 4.69) is 20.6 Å². The van der Waals surface area contributed by atoms with Crippen LogP contribution in [0.2, 0.25) is 5.02 Å². The molecule has 1 aliphatic rings. The third kappa shape index (κ3) is 3.83. The first-order valence-electron chi connectivity index (χ1n) is 7.84. The third-order valence-electron chi connectivity index (χ3n) is 4.03. The Hall–Kier alpha value is -2.18. The van der Waals surface area contributed by atoms with Crippen LogP contribution in [-0.2, 0) is 4.79 Å². The van der Waals surface area contributed by atoms with Crippen LogP contribution in [0.5, 0.6) is 5.75 Å². The molecule has 3 heterocycles. The molecule has 1 atom stereocenters. The van der Waals surface area contributed by atoms with E-state index < -0.39 is 0 Å². The Morgan fingerprint density at radius 1 is 1.38 bits per heavy atom. The topological polar surface area (TPSA) is 76.1 Å². The van der Waals surface area contributed by atoms with Crippen LogP contribution >= 0.6 is 11.6 Å². The maximum Gasteiger partial charge on any atom is 0.229 e. The lowest BCUT2D eigenvalue weighted by Crippen LogP contribution is -2.37. The summed E-state index contributed by atoms with van der Waals surface area (Å²) >= 11 is 6.26. The fraction of sp³-hybridized carbons (Fsp3) is 0.353. The highest BCUT2D eigenvalue weighted by Crippen LogP contribution is 2.30. The zero-order valence-electron chi connectivity index (χ0n) is 13.4. The molecule has 1 unspecified atom stereocenters. The van der Waals surface area contributed by atoms with Crippen molar-refractivity contribution < 1.29 is 9.53 Å². The number of aromatic nitrogens is 2. The molecule has 6 nitrogen and oxygen atoms in total. The minimum Gasteiger partial charge on any atom is -0.495 e. The van der Waals surface area contributed by atoms with E-state index in [-0.39, 0.29) is 11.8 Å². The van der Waals surface area contributed by atoms with E-state index in [0.717, 1.165) is 30.5 Å². The maximum atomic E-state index is 12.3. The molecule has 2 aromatic heterocycles. The number of amides is 1. The van der Waals surface area contributed by atoms with Gasteiger partial charge < -0.3 is 15.4 Å². The molecular weight excluding hydrogens is 328 g/mol. The van der Waals surface area contributed by atoms with E-state index in [1.165, 1.54) is 6.20 Å². The summed E-state index contributed by atoms with van der Waals surface area (Å²) in [6, 6.07) is 3.60. The van der Waals surface area contributed by atoms with Crippen molar-refractivity contribution in [3.8, 4) is 16.9 Å². The number of piperidine rings is 1. The van der Waals surface area contributed by atoms with E-state index >= 15 is 0 Å². The van der Waals surface area contributed by atoms with Gasteiger partial charge >= 0.3 is 0 Å². The summed E-state index contributed by atoms with van der Waals surface area (Å²) in [5.74, 6) is 1.07. The average molecular weight is 347 g/mol.